The van der Waals surface area contributed by atoms with Crippen LogP contribution < -0.4 is 5.32 Å². The molecule has 2 nitrogen and oxygen atoms in total. The van der Waals surface area contributed by atoms with E-state index in [1.807, 2.05) is 12.4 Å². The summed E-state index contributed by atoms with van der Waals surface area (Å²) in [4.78, 5) is 5.57. The molecule has 1 N–H and O–H groups in total. The van der Waals surface area contributed by atoms with Crippen LogP contribution in [0.5, 0.6) is 0 Å². The van der Waals surface area contributed by atoms with Crippen LogP contribution in [0.3, 0.4) is 0 Å². The SMILES string of the molecule is CCNC(c1cncc(Br)c1)c1csc(C)c1. The molecule has 0 bridgehead atoms. The molecule has 2 aromatic heterocycles. The van der Waals surface area contributed by atoms with E-state index in [0.717, 1.165) is 11.0 Å². The van der Waals surface area contributed by atoms with Crippen molar-refractivity contribution in [2.45, 2.75) is 19.9 Å². The number of aryl methyl sites for hydroxylation is 1. The van der Waals surface area contributed by atoms with Crippen LogP contribution in [-0.2, 0) is 0 Å². The first-order valence-corrected chi connectivity index (χ1v) is 7.27. The van der Waals surface area contributed by atoms with E-state index < -0.39 is 0 Å². The lowest BCUT2D eigenvalue weighted by atomic mass is 10.0. The fourth-order valence-electron chi connectivity index (χ4n) is 1.83. The van der Waals surface area contributed by atoms with Crippen LogP contribution in [0.25, 0.3) is 0 Å². The minimum absolute atomic E-state index is 0.231. The average Bonchev–Trinajstić information content (AvgIpc) is 2.72. The lowest BCUT2D eigenvalue weighted by Crippen LogP contribution is -2.21. The Labute approximate surface area is 114 Å². The Bertz CT molecular complexity index is 496. The van der Waals surface area contributed by atoms with Gasteiger partial charge in [0.05, 0.1) is 6.04 Å². The number of rotatable bonds is 4. The molecule has 0 radical (unpaired) electrons. The topological polar surface area (TPSA) is 24.9 Å². The molecule has 2 aromatic rings. The van der Waals surface area contributed by atoms with E-state index in [0.29, 0.717) is 0 Å². The molecule has 0 amide bonds. The van der Waals surface area contributed by atoms with E-state index in [9.17, 15) is 0 Å². The second-order valence-corrected chi connectivity index (χ2v) is 5.95. The third-order valence-electron chi connectivity index (χ3n) is 2.55. The Balaban J connectivity index is 2.35. The first-order valence-electron chi connectivity index (χ1n) is 5.59. The van der Waals surface area contributed by atoms with Crippen LogP contribution in [0.1, 0.15) is 29.0 Å². The van der Waals surface area contributed by atoms with Gasteiger partial charge in [0.2, 0.25) is 0 Å². The summed E-state index contributed by atoms with van der Waals surface area (Å²) in [6, 6.07) is 4.58. The summed E-state index contributed by atoms with van der Waals surface area (Å²) in [5, 5.41) is 5.71. The van der Waals surface area contributed by atoms with Gasteiger partial charge in [0.25, 0.3) is 0 Å². The quantitative estimate of drug-likeness (QED) is 0.926. The lowest BCUT2D eigenvalue weighted by molar-refractivity contribution is 0.630. The number of pyridine rings is 1. The third-order valence-corrected chi connectivity index (χ3v) is 3.87. The van der Waals surface area contributed by atoms with Gasteiger partial charge in [-0.25, -0.2) is 0 Å². The normalized spacial score (nSPS) is 12.6. The standard InChI is InChI=1S/C13H15BrN2S/c1-3-16-13(11-4-9(2)17-8-11)10-5-12(14)7-15-6-10/h4-8,13,16H,3H2,1-2H3. The largest absolute Gasteiger partial charge is 0.306 e. The molecule has 0 aliphatic rings. The molecule has 1 unspecified atom stereocenters. The summed E-state index contributed by atoms with van der Waals surface area (Å²) in [6.07, 6.45) is 3.73. The maximum absolute atomic E-state index is 4.24. The zero-order valence-electron chi connectivity index (χ0n) is 9.90. The van der Waals surface area contributed by atoms with Crippen molar-refractivity contribution < 1.29 is 0 Å². The van der Waals surface area contributed by atoms with Gasteiger partial charge in [-0.15, -0.1) is 11.3 Å². The number of halogens is 1. The number of nitrogens with zero attached hydrogens (tertiary/aromatic N) is 1. The zero-order valence-corrected chi connectivity index (χ0v) is 12.3. The van der Waals surface area contributed by atoms with E-state index in [1.165, 1.54) is 16.0 Å². The third kappa shape index (κ3) is 3.15. The maximum Gasteiger partial charge on any atom is 0.0600 e. The minimum Gasteiger partial charge on any atom is -0.306 e. The van der Waals surface area contributed by atoms with Crippen molar-refractivity contribution in [3.63, 3.8) is 0 Å². The highest BCUT2D eigenvalue weighted by atomic mass is 79.9. The predicted molar refractivity (Wildman–Crippen MR) is 76.5 cm³/mol. The van der Waals surface area contributed by atoms with Crippen molar-refractivity contribution >= 4 is 27.3 Å². The molecule has 0 aromatic carbocycles. The van der Waals surface area contributed by atoms with Crippen molar-refractivity contribution in [3.05, 3.63) is 50.4 Å². The van der Waals surface area contributed by atoms with E-state index in [-0.39, 0.29) is 6.04 Å². The monoisotopic (exact) mass is 310 g/mol. The Kier molecular flexibility index (Phi) is 4.31. The van der Waals surface area contributed by atoms with Gasteiger partial charge in [-0.2, -0.15) is 0 Å². The average molecular weight is 311 g/mol. The molecule has 0 aliphatic heterocycles. The van der Waals surface area contributed by atoms with E-state index in [4.69, 9.17) is 0 Å². The molecule has 0 fully saturated rings. The number of aromatic nitrogens is 1. The van der Waals surface area contributed by atoms with Gasteiger partial charge < -0.3 is 5.32 Å². The fourth-order valence-corrected chi connectivity index (χ4v) is 2.95. The molecular weight excluding hydrogens is 296 g/mol. The molecule has 90 valence electrons. The second-order valence-electron chi connectivity index (χ2n) is 3.92. The first-order chi connectivity index (χ1) is 8.20. The summed E-state index contributed by atoms with van der Waals surface area (Å²) in [5.41, 5.74) is 2.51. The van der Waals surface area contributed by atoms with Crippen molar-refractivity contribution in [1.82, 2.24) is 10.3 Å². The number of nitrogens with one attached hydrogen (secondary N) is 1. The molecule has 0 saturated heterocycles. The van der Waals surface area contributed by atoms with Crippen LogP contribution in [0, 0.1) is 6.92 Å². The van der Waals surface area contributed by atoms with E-state index in [2.05, 4.69) is 57.6 Å². The summed E-state index contributed by atoms with van der Waals surface area (Å²) in [5.74, 6) is 0. The molecule has 4 heteroatoms. The van der Waals surface area contributed by atoms with Gasteiger partial charge in [-0.3, -0.25) is 4.98 Å². The van der Waals surface area contributed by atoms with Crippen LogP contribution >= 0.6 is 27.3 Å². The molecule has 1 atom stereocenters. The smallest absolute Gasteiger partial charge is 0.0600 e. The van der Waals surface area contributed by atoms with Crippen LogP contribution in [0.4, 0.5) is 0 Å². The molecule has 17 heavy (non-hydrogen) atoms. The Morgan fingerprint density at radius 3 is 2.76 bits per heavy atom. The Hall–Kier alpha value is -0.710. The number of hydrogen-bond donors (Lipinski definition) is 1. The highest BCUT2D eigenvalue weighted by molar-refractivity contribution is 9.10. The second kappa shape index (κ2) is 5.76. The summed E-state index contributed by atoms with van der Waals surface area (Å²) in [7, 11) is 0. The molecule has 2 rings (SSSR count). The van der Waals surface area contributed by atoms with E-state index >= 15 is 0 Å². The lowest BCUT2D eigenvalue weighted by Gasteiger charge is -2.17. The van der Waals surface area contributed by atoms with Crippen LogP contribution in [0.15, 0.2) is 34.4 Å². The molecule has 0 aliphatic carbocycles. The molecular formula is C13H15BrN2S. The van der Waals surface area contributed by atoms with Gasteiger partial charge >= 0.3 is 0 Å². The van der Waals surface area contributed by atoms with E-state index in [1.54, 1.807) is 11.3 Å². The van der Waals surface area contributed by atoms with Gasteiger partial charge in [-0.05, 0) is 58.0 Å². The minimum atomic E-state index is 0.231. The van der Waals surface area contributed by atoms with Crippen molar-refractivity contribution in [3.8, 4) is 0 Å². The summed E-state index contributed by atoms with van der Waals surface area (Å²) < 4.78 is 1.02. The maximum atomic E-state index is 4.24. The number of thiophene rings is 1. The van der Waals surface area contributed by atoms with Crippen molar-refractivity contribution in [2.24, 2.45) is 0 Å². The first kappa shape index (κ1) is 12.7. The molecule has 2 heterocycles. The van der Waals surface area contributed by atoms with Crippen LogP contribution in [0.2, 0.25) is 0 Å². The highest BCUT2D eigenvalue weighted by Crippen LogP contribution is 2.27. The Morgan fingerprint density at radius 1 is 1.35 bits per heavy atom. The molecule has 0 spiro atoms. The van der Waals surface area contributed by atoms with Crippen molar-refractivity contribution in [2.75, 3.05) is 6.54 Å². The highest BCUT2D eigenvalue weighted by Gasteiger charge is 2.14. The number of hydrogen-bond acceptors (Lipinski definition) is 3. The van der Waals surface area contributed by atoms with Gasteiger partial charge in [0.15, 0.2) is 0 Å². The Morgan fingerprint density at radius 2 is 2.18 bits per heavy atom. The van der Waals surface area contributed by atoms with Gasteiger partial charge in [0, 0.05) is 21.7 Å². The van der Waals surface area contributed by atoms with Crippen LogP contribution in [-0.4, -0.2) is 11.5 Å². The zero-order chi connectivity index (χ0) is 12.3. The molecule has 0 saturated carbocycles. The fraction of sp³-hybridized carbons (Fsp3) is 0.308. The predicted octanol–water partition coefficient (Wildman–Crippen LogP) is 3.91. The van der Waals surface area contributed by atoms with Gasteiger partial charge in [0.1, 0.15) is 0 Å². The summed E-state index contributed by atoms with van der Waals surface area (Å²) >= 11 is 5.26. The summed E-state index contributed by atoms with van der Waals surface area (Å²) in [6.45, 7) is 5.19. The van der Waals surface area contributed by atoms with Crippen molar-refractivity contribution in [1.29, 1.82) is 0 Å². The van der Waals surface area contributed by atoms with Gasteiger partial charge in [-0.1, -0.05) is 6.92 Å².